The highest BCUT2D eigenvalue weighted by Gasteiger charge is 2.14. The number of rotatable bonds is 8. The summed E-state index contributed by atoms with van der Waals surface area (Å²) >= 11 is 6.07. The Balaban J connectivity index is 3.22. The molecule has 0 heterocycles. The van der Waals surface area contributed by atoms with Crippen LogP contribution in [0.1, 0.15) is 57.9 Å². The van der Waals surface area contributed by atoms with Gasteiger partial charge in [-0.05, 0) is 49.0 Å². The molecule has 0 fully saturated rings. The number of hydrogen-bond acceptors (Lipinski definition) is 1. The molecule has 1 amide bonds. The van der Waals surface area contributed by atoms with E-state index in [0.29, 0.717) is 5.02 Å². The number of hydrogen-bond donors (Lipinski definition) is 1. The molecule has 0 aliphatic carbocycles. The molecule has 0 saturated heterocycles. The number of unbranched alkanes of at least 4 members (excludes halogenated alkanes) is 2. The zero-order valence-electron chi connectivity index (χ0n) is 12.4. The fourth-order valence-corrected chi connectivity index (χ4v) is 2.47. The molecule has 0 spiro atoms. The van der Waals surface area contributed by atoms with E-state index in [1.807, 2.05) is 24.3 Å². The zero-order valence-corrected chi connectivity index (χ0v) is 13.2. The minimum atomic E-state index is -0.301. The van der Waals surface area contributed by atoms with Crippen molar-refractivity contribution in [2.45, 2.75) is 52.4 Å². The van der Waals surface area contributed by atoms with Crippen LogP contribution in [0.15, 0.2) is 29.8 Å². The Kier molecular flexibility index (Phi) is 7.38. The van der Waals surface area contributed by atoms with E-state index in [4.69, 9.17) is 17.3 Å². The van der Waals surface area contributed by atoms with Crippen molar-refractivity contribution in [2.24, 2.45) is 5.73 Å². The molecule has 110 valence electrons. The van der Waals surface area contributed by atoms with Crippen molar-refractivity contribution in [3.05, 3.63) is 40.4 Å². The molecule has 20 heavy (non-hydrogen) atoms. The Morgan fingerprint density at radius 3 is 2.35 bits per heavy atom. The highest BCUT2D eigenvalue weighted by atomic mass is 35.5. The number of carbonyl (C=O) groups is 1. The molecule has 1 aromatic carbocycles. The molecule has 2 nitrogen and oxygen atoms in total. The molecular weight excluding hydrogens is 270 g/mol. The molecule has 1 rings (SSSR count). The van der Waals surface area contributed by atoms with Crippen LogP contribution in [0.4, 0.5) is 0 Å². The number of allylic oxidation sites excluding steroid dienone is 1. The van der Waals surface area contributed by atoms with E-state index in [1.165, 1.54) is 0 Å². The van der Waals surface area contributed by atoms with Crippen LogP contribution in [0.25, 0.3) is 5.57 Å². The third-order valence-corrected chi connectivity index (χ3v) is 3.63. The Morgan fingerprint density at radius 1 is 1.15 bits per heavy atom. The molecule has 0 aliphatic rings. The van der Waals surface area contributed by atoms with Gasteiger partial charge in [0.05, 0.1) is 0 Å². The van der Waals surface area contributed by atoms with Crippen LogP contribution in [0, 0.1) is 0 Å². The summed E-state index contributed by atoms with van der Waals surface area (Å²) in [6, 6.07) is 7.69. The number of halogens is 1. The minimum absolute atomic E-state index is 0.301. The van der Waals surface area contributed by atoms with E-state index < -0.39 is 0 Å². The number of nitrogens with two attached hydrogens (primary N) is 1. The SMILES string of the molecule is CCCCC(C(N)=O)=C(CCCC)c1cccc(Cl)c1. The molecule has 0 radical (unpaired) electrons. The Labute approximate surface area is 127 Å². The second-order valence-corrected chi connectivity index (χ2v) is 5.48. The van der Waals surface area contributed by atoms with Crippen LogP contribution in [0.5, 0.6) is 0 Å². The zero-order chi connectivity index (χ0) is 15.0. The lowest BCUT2D eigenvalue weighted by Crippen LogP contribution is -2.16. The first-order valence-electron chi connectivity index (χ1n) is 7.37. The maximum absolute atomic E-state index is 11.8. The maximum atomic E-state index is 11.8. The summed E-state index contributed by atoms with van der Waals surface area (Å²) in [4.78, 5) is 11.8. The van der Waals surface area contributed by atoms with Gasteiger partial charge in [0.2, 0.25) is 5.91 Å². The largest absolute Gasteiger partial charge is 0.366 e. The Hall–Kier alpha value is -1.28. The van der Waals surface area contributed by atoms with Crippen LogP contribution in [0.3, 0.4) is 0 Å². The Bertz CT molecular complexity index is 480. The average molecular weight is 294 g/mol. The predicted octanol–water partition coefficient (Wildman–Crippen LogP) is 4.96. The standard InChI is InChI=1S/C17H24ClNO/c1-3-5-10-15(13-8-7-9-14(18)12-13)16(17(19)20)11-6-4-2/h7-9,12H,3-6,10-11H2,1-2H3,(H2,19,20). The van der Waals surface area contributed by atoms with Crippen LogP contribution in [-0.4, -0.2) is 5.91 Å². The van der Waals surface area contributed by atoms with Crippen LogP contribution in [-0.2, 0) is 4.79 Å². The third-order valence-electron chi connectivity index (χ3n) is 3.40. The van der Waals surface area contributed by atoms with E-state index in [2.05, 4.69) is 13.8 Å². The second-order valence-electron chi connectivity index (χ2n) is 5.04. The lowest BCUT2D eigenvalue weighted by atomic mass is 9.92. The molecule has 0 unspecified atom stereocenters. The van der Waals surface area contributed by atoms with Crippen molar-refractivity contribution in [3.8, 4) is 0 Å². The lowest BCUT2D eigenvalue weighted by molar-refractivity contribution is -0.114. The van der Waals surface area contributed by atoms with Gasteiger partial charge in [0.1, 0.15) is 0 Å². The number of benzene rings is 1. The van der Waals surface area contributed by atoms with Gasteiger partial charge in [-0.15, -0.1) is 0 Å². The van der Waals surface area contributed by atoms with Gasteiger partial charge in [-0.3, -0.25) is 4.79 Å². The van der Waals surface area contributed by atoms with Crippen LogP contribution in [0.2, 0.25) is 5.02 Å². The van der Waals surface area contributed by atoms with E-state index in [9.17, 15) is 4.79 Å². The van der Waals surface area contributed by atoms with Gasteiger partial charge in [0.25, 0.3) is 0 Å². The van der Waals surface area contributed by atoms with E-state index in [-0.39, 0.29) is 5.91 Å². The highest BCUT2D eigenvalue weighted by Crippen LogP contribution is 2.29. The second kappa shape index (κ2) is 8.80. The quantitative estimate of drug-likeness (QED) is 0.676. The fourth-order valence-electron chi connectivity index (χ4n) is 2.28. The van der Waals surface area contributed by atoms with E-state index in [1.54, 1.807) is 0 Å². The molecule has 1 aromatic rings. The average Bonchev–Trinajstić information content (AvgIpc) is 2.42. The number of amides is 1. The van der Waals surface area contributed by atoms with Gasteiger partial charge in [0.15, 0.2) is 0 Å². The summed E-state index contributed by atoms with van der Waals surface area (Å²) in [6.07, 6.45) is 5.78. The molecule has 0 atom stereocenters. The van der Waals surface area contributed by atoms with Gasteiger partial charge in [-0.1, -0.05) is 50.4 Å². The van der Waals surface area contributed by atoms with Crippen molar-refractivity contribution >= 4 is 23.1 Å². The monoisotopic (exact) mass is 293 g/mol. The Morgan fingerprint density at radius 2 is 1.80 bits per heavy atom. The number of primary amides is 1. The summed E-state index contributed by atoms with van der Waals surface area (Å²) in [7, 11) is 0. The van der Waals surface area contributed by atoms with Crippen molar-refractivity contribution in [1.29, 1.82) is 0 Å². The topological polar surface area (TPSA) is 43.1 Å². The summed E-state index contributed by atoms with van der Waals surface area (Å²) in [5, 5.41) is 0.691. The van der Waals surface area contributed by atoms with Crippen molar-refractivity contribution < 1.29 is 4.79 Å². The van der Waals surface area contributed by atoms with E-state index >= 15 is 0 Å². The summed E-state index contributed by atoms with van der Waals surface area (Å²) < 4.78 is 0. The molecule has 0 saturated carbocycles. The minimum Gasteiger partial charge on any atom is -0.366 e. The highest BCUT2D eigenvalue weighted by molar-refractivity contribution is 6.30. The summed E-state index contributed by atoms with van der Waals surface area (Å²) in [5.74, 6) is -0.301. The number of carbonyl (C=O) groups excluding carboxylic acids is 1. The smallest absolute Gasteiger partial charge is 0.244 e. The van der Waals surface area contributed by atoms with E-state index in [0.717, 1.165) is 55.2 Å². The maximum Gasteiger partial charge on any atom is 0.244 e. The fraction of sp³-hybridized carbons (Fsp3) is 0.471. The van der Waals surface area contributed by atoms with Crippen molar-refractivity contribution in [3.63, 3.8) is 0 Å². The van der Waals surface area contributed by atoms with Crippen LogP contribution < -0.4 is 5.73 Å². The molecular formula is C17H24ClNO. The predicted molar refractivity (Wildman–Crippen MR) is 86.6 cm³/mol. The lowest BCUT2D eigenvalue weighted by Gasteiger charge is -2.14. The summed E-state index contributed by atoms with van der Waals surface area (Å²) in [5.41, 5.74) is 8.45. The third kappa shape index (κ3) is 5.01. The summed E-state index contributed by atoms with van der Waals surface area (Å²) in [6.45, 7) is 4.26. The normalized spacial score (nSPS) is 12.2. The molecule has 0 aliphatic heterocycles. The van der Waals surface area contributed by atoms with Crippen molar-refractivity contribution in [1.82, 2.24) is 0 Å². The van der Waals surface area contributed by atoms with Gasteiger partial charge in [-0.2, -0.15) is 0 Å². The first kappa shape index (κ1) is 16.8. The van der Waals surface area contributed by atoms with Gasteiger partial charge in [0, 0.05) is 10.6 Å². The molecule has 2 N–H and O–H groups in total. The first-order valence-corrected chi connectivity index (χ1v) is 7.75. The van der Waals surface area contributed by atoms with Gasteiger partial charge >= 0.3 is 0 Å². The first-order chi connectivity index (χ1) is 9.60. The molecule has 0 bridgehead atoms. The van der Waals surface area contributed by atoms with Gasteiger partial charge in [-0.25, -0.2) is 0 Å². The van der Waals surface area contributed by atoms with Crippen molar-refractivity contribution in [2.75, 3.05) is 0 Å². The van der Waals surface area contributed by atoms with Crippen LogP contribution >= 0.6 is 11.6 Å². The molecule has 3 heteroatoms. The van der Waals surface area contributed by atoms with Gasteiger partial charge < -0.3 is 5.73 Å². The molecule has 0 aromatic heterocycles.